The zero-order chi connectivity index (χ0) is 18.5. The molecule has 1 atom stereocenters. The van der Waals surface area contributed by atoms with Gasteiger partial charge in [0.2, 0.25) is 11.8 Å². The molecule has 5 saturated carbocycles. The molecule has 0 saturated heterocycles. The highest BCUT2D eigenvalue weighted by atomic mass is 16.2. The number of amides is 3. The van der Waals surface area contributed by atoms with Gasteiger partial charge in [-0.3, -0.25) is 25.2 Å². The quantitative estimate of drug-likeness (QED) is 0.654. The average molecular weight is 361 g/mol. The fraction of sp³-hybridized carbons (Fsp3) is 0.850. The lowest BCUT2D eigenvalue weighted by Gasteiger charge is -2.55. The molecule has 5 aliphatic rings. The molecule has 5 fully saturated rings. The third kappa shape index (κ3) is 3.35. The molecule has 5 rings (SSSR count). The summed E-state index contributed by atoms with van der Waals surface area (Å²) in [6, 6.07) is -0.616. The second kappa shape index (κ2) is 6.54. The molecule has 6 nitrogen and oxygen atoms in total. The van der Waals surface area contributed by atoms with Gasteiger partial charge in [-0.25, -0.2) is 0 Å². The van der Waals surface area contributed by atoms with Crippen molar-refractivity contribution in [3.63, 3.8) is 0 Å². The molecule has 3 N–H and O–H groups in total. The average Bonchev–Trinajstić information content (AvgIpc) is 3.40. The van der Waals surface area contributed by atoms with Crippen LogP contribution in [0.15, 0.2) is 0 Å². The van der Waals surface area contributed by atoms with Crippen molar-refractivity contribution in [1.82, 2.24) is 16.2 Å². The fourth-order valence-electron chi connectivity index (χ4n) is 5.87. The molecule has 0 heterocycles. The number of carbonyl (C=O) groups is 3. The van der Waals surface area contributed by atoms with Gasteiger partial charge < -0.3 is 5.32 Å². The van der Waals surface area contributed by atoms with Crippen LogP contribution in [-0.2, 0) is 14.4 Å². The first kappa shape index (κ1) is 17.8. The first-order valence-electron chi connectivity index (χ1n) is 10.3. The third-order valence-corrected chi connectivity index (χ3v) is 7.01. The van der Waals surface area contributed by atoms with Crippen LogP contribution in [0.2, 0.25) is 0 Å². The Morgan fingerprint density at radius 1 is 0.885 bits per heavy atom. The molecule has 5 aliphatic carbocycles. The third-order valence-electron chi connectivity index (χ3n) is 7.01. The van der Waals surface area contributed by atoms with Crippen LogP contribution in [0.3, 0.4) is 0 Å². The molecular formula is C20H31N3O3. The van der Waals surface area contributed by atoms with E-state index in [1.807, 2.05) is 13.8 Å². The second-order valence-electron chi connectivity index (χ2n) is 9.65. The molecule has 0 aliphatic heterocycles. The lowest BCUT2D eigenvalue weighted by Crippen LogP contribution is -2.59. The summed E-state index contributed by atoms with van der Waals surface area (Å²) in [7, 11) is 0. The van der Waals surface area contributed by atoms with Crippen molar-refractivity contribution >= 4 is 17.7 Å². The molecule has 1 unspecified atom stereocenters. The van der Waals surface area contributed by atoms with E-state index >= 15 is 0 Å². The summed E-state index contributed by atoms with van der Waals surface area (Å²) in [5, 5.41) is 3.04. The van der Waals surface area contributed by atoms with Gasteiger partial charge in [0.05, 0.1) is 0 Å². The zero-order valence-electron chi connectivity index (χ0n) is 15.8. The standard InChI is InChI=1S/C20H31N3O3/c1-11(2)16(18(25)23-22-17(24)15-3-4-15)21-19(26)20-8-12-5-13(9-20)7-14(6-12)10-20/h11-16H,3-10H2,1-2H3,(H,21,26)(H,22,24)(H,23,25). The van der Waals surface area contributed by atoms with E-state index in [1.54, 1.807) is 0 Å². The molecule has 0 aromatic heterocycles. The molecule has 0 aromatic rings. The topological polar surface area (TPSA) is 87.3 Å². The maximum atomic E-state index is 13.2. The Morgan fingerprint density at radius 3 is 1.88 bits per heavy atom. The van der Waals surface area contributed by atoms with Crippen LogP contribution < -0.4 is 16.2 Å². The summed E-state index contributed by atoms with van der Waals surface area (Å²) in [6.45, 7) is 3.85. The minimum Gasteiger partial charge on any atom is -0.344 e. The van der Waals surface area contributed by atoms with Crippen molar-refractivity contribution in [2.24, 2.45) is 35.0 Å². The van der Waals surface area contributed by atoms with Gasteiger partial charge in [0.25, 0.3) is 5.91 Å². The number of hydrazine groups is 1. The summed E-state index contributed by atoms with van der Waals surface area (Å²) in [6.07, 6.45) is 8.58. The molecule has 0 aromatic carbocycles. The predicted molar refractivity (Wildman–Crippen MR) is 96.4 cm³/mol. The molecular weight excluding hydrogens is 330 g/mol. The van der Waals surface area contributed by atoms with Gasteiger partial charge in [-0.2, -0.15) is 0 Å². The molecule has 3 amide bonds. The van der Waals surface area contributed by atoms with Gasteiger partial charge >= 0.3 is 0 Å². The van der Waals surface area contributed by atoms with Gasteiger partial charge in [-0.1, -0.05) is 13.8 Å². The van der Waals surface area contributed by atoms with E-state index in [2.05, 4.69) is 16.2 Å². The fourth-order valence-corrected chi connectivity index (χ4v) is 5.87. The SMILES string of the molecule is CC(C)C(NC(=O)C12CC3CC(CC(C3)C1)C2)C(=O)NNC(=O)C1CC1. The monoisotopic (exact) mass is 361 g/mol. The Bertz CT molecular complexity index is 576. The van der Waals surface area contributed by atoms with Crippen LogP contribution in [0.5, 0.6) is 0 Å². The molecule has 4 bridgehead atoms. The lowest BCUT2D eigenvalue weighted by molar-refractivity contribution is -0.149. The highest BCUT2D eigenvalue weighted by Gasteiger charge is 2.55. The highest BCUT2D eigenvalue weighted by molar-refractivity contribution is 5.92. The summed E-state index contributed by atoms with van der Waals surface area (Å²) < 4.78 is 0. The minimum atomic E-state index is -0.616. The van der Waals surface area contributed by atoms with E-state index in [4.69, 9.17) is 0 Å². The number of carbonyl (C=O) groups excluding carboxylic acids is 3. The van der Waals surface area contributed by atoms with Crippen LogP contribution in [0.1, 0.15) is 65.2 Å². The Balaban J connectivity index is 1.39. The maximum Gasteiger partial charge on any atom is 0.261 e. The van der Waals surface area contributed by atoms with Crippen molar-refractivity contribution in [2.75, 3.05) is 0 Å². The number of hydrogen-bond acceptors (Lipinski definition) is 3. The number of hydrogen-bond donors (Lipinski definition) is 3. The number of rotatable bonds is 5. The number of nitrogens with one attached hydrogen (secondary N) is 3. The smallest absolute Gasteiger partial charge is 0.261 e. The van der Waals surface area contributed by atoms with Crippen LogP contribution in [0.4, 0.5) is 0 Å². The minimum absolute atomic E-state index is 0.0364. The van der Waals surface area contributed by atoms with Crippen molar-refractivity contribution in [2.45, 2.75) is 71.3 Å². The summed E-state index contributed by atoms with van der Waals surface area (Å²) in [5.74, 6) is 1.67. The van der Waals surface area contributed by atoms with Gasteiger partial charge in [-0.15, -0.1) is 0 Å². The normalized spacial score (nSPS) is 35.9. The largest absolute Gasteiger partial charge is 0.344 e. The van der Waals surface area contributed by atoms with E-state index in [0.717, 1.165) is 32.1 Å². The molecule has 26 heavy (non-hydrogen) atoms. The second-order valence-corrected chi connectivity index (χ2v) is 9.65. The van der Waals surface area contributed by atoms with Crippen LogP contribution in [0, 0.1) is 35.0 Å². The summed E-state index contributed by atoms with van der Waals surface area (Å²) in [5.41, 5.74) is 4.75. The highest BCUT2D eigenvalue weighted by Crippen LogP contribution is 2.60. The van der Waals surface area contributed by atoms with Crippen molar-refractivity contribution in [1.29, 1.82) is 0 Å². The van der Waals surface area contributed by atoms with Crippen molar-refractivity contribution in [3.8, 4) is 0 Å². The van der Waals surface area contributed by atoms with E-state index in [9.17, 15) is 14.4 Å². The maximum absolute atomic E-state index is 13.2. The van der Waals surface area contributed by atoms with Gasteiger partial charge in [0.1, 0.15) is 6.04 Å². The van der Waals surface area contributed by atoms with E-state index in [-0.39, 0.29) is 35.0 Å². The Morgan fingerprint density at radius 2 is 1.42 bits per heavy atom. The lowest BCUT2D eigenvalue weighted by atomic mass is 9.49. The summed E-state index contributed by atoms with van der Waals surface area (Å²) in [4.78, 5) is 37.5. The predicted octanol–water partition coefficient (Wildman–Crippen LogP) is 1.90. The van der Waals surface area contributed by atoms with E-state index < -0.39 is 6.04 Å². The van der Waals surface area contributed by atoms with Crippen molar-refractivity contribution in [3.05, 3.63) is 0 Å². The van der Waals surface area contributed by atoms with E-state index in [1.165, 1.54) is 19.3 Å². The van der Waals surface area contributed by atoms with Crippen LogP contribution >= 0.6 is 0 Å². The summed E-state index contributed by atoms with van der Waals surface area (Å²) >= 11 is 0. The molecule has 0 radical (unpaired) electrons. The zero-order valence-corrected chi connectivity index (χ0v) is 15.8. The van der Waals surface area contributed by atoms with E-state index in [0.29, 0.717) is 17.8 Å². The van der Waals surface area contributed by atoms with Gasteiger partial charge in [-0.05, 0) is 75.0 Å². The molecule has 144 valence electrons. The first-order valence-corrected chi connectivity index (χ1v) is 10.3. The van der Waals surface area contributed by atoms with Crippen LogP contribution in [-0.4, -0.2) is 23.8 Å². The first-order chi connectivity index (χ1) is 12.4. The van der Waals surface area contributed by atoms with Crippen LogP contribution in [0.25, 0.3) is 0 Å². The Labute approximate surface area is 155 Å². The molecule has 0 spiro atoms. The Hall–Kier alpha value is -1.59. The Kier molecular flexibility index (Phi) is 4.48. The van der Waals surface area contributed by atoms with Gasteiger partial charge in [0, 0.05) is 11.3 Å². The molecule has 6 heteroatoms. The van der Waals surface area contributed by atoms with Gasteiger partial charge in [0.15, 0.2) is 0 Å². The van der Waals surface area contributed by atoms with Crippen molar-refractivity contribution < 1.29 is 14.4 Å².